The van der Waals surface area contributed by atoms with Crippen LogP contribution < -0.4 is 5.43 Å². The van der Waals surface area contributed by atoms with E-state index >= 15 is 0 Å². The summed E-state index contributed by atoms with van der Waals surface area (Å²) >= 11 is 3.14. The minimum atomic E-state index is -0.515. The summed E-state index contributed by atoms with van der Waals surface area (Å²) in [5, 5.41) is 0.168. The molecule has 1 aromatic carbocycles. The van der Waals surface area contributed by atoms with Crippen LogP contribution >= 0.6 is 15.9 Å². The summed E-state index contributed by atoms with van der Waals surface area (Å²) in [5.41, 5.74) is -0.0532. The molecule has 0 aliphatic carbocycles. The maximum atomic E-state index is 13.2. The average Bonchev–Trinajstić information content (AvgIpc) is 2.31. The van der Waals surface area contributed by atoms with Crippen molar-refractivity contribution in [3.63, 3.8) is 0 Å². The number of rotatable bonds is 4. The molecule has 0 N–H and O–H groups in total. The van der Waals surface area contributed by atoms with Gasteiger partial charge in [-0.1, -0.05) is 0 Å². The molecule has 0 unspecified atom stereocenters. The van der Waals surface area contributed by atoms with Crippen LogP contribution in [0.5, 0.6) is 0 Å². The van der Waals surface area contributed by atoms with Crippen molar-refractivity contribution in [3.8, 4) is 0 Å². The number of benzene rings is 1. The van der Waals surface area contributed by atoms with Crippen molar-refractivity contribution in [2.75, 3.05) is 6.61 Å². The summed E-state index contributed by atoms with van der Waals surface area (Å²) in [6.45, 7) is 0.446. The number of carbonyl (C=O) groups is 1. The van der Waals surface area contributed by atoms with Gasteiger partial charge >= 0.3 is 0 Å². The van der Waals surface area contributed by atoms with Crippen LogP contribution in [-0.4, -0.2) is 13.1 Å². The highest BCUT2D eigenvalue weighted by Crippen LogP contribution is 2.24. The molecule has 4 nitrogen and oxygen atoms in total. The third-order valence-corrected chi connectivity index (χ3v) is 2.92. The number of hydrogen-bond donors (Lipinski definition) is 0. The maximum absolute atomic E-state index is 13.2. The lowest BCUT2D eigenvalue weighted by atomic mass is 10.2. The first-order chi connectivity index (χ1) is 8.61. The molecule has 0 fully saturated rings. The van der Waals surface area contributed by atoms with E-state index in [4.69, 9.17) is 4.42 Å². The molecular formula is C12H8BrFO4. The van der Waals surface area contributed by atoms with Crippen LogP contribution in [0.4, 0.5) is 4.39 Å². The van der Waals surface area contributed by atoms with E-state index in [-0.39, 0.29) is 29.4 Å². The van der Waals surface area contributed by atoms with Crippen molar-refractivity contribution in [2.24, 2.45) is 0 Å². The van der Waals surface area contributed by atoms with Crippen LogP contribution in [0, 0.1) is 5.82 Å². The zero-order valence-corrected chi connectivity index (χ0v) is 10.7. The molecular weight excluding hydrogens is 307 g/mol. The van der Waals surface area contributed by atoms with Gasteiger partial charge < -0.3 is 9.15 Å². The van der Waals surface area contributed by atoms with Crippen LogP contribution in [0.3, 0.4) is 0 Å². The first-order valence-electron chi connectivity index (χ1n) is 5.09. The Morgan fingerprint density at radius 1 is 1.39 bits per heavy atom. The predicted molar refractivity (Wildman–Crippen MR) is 65.9 cm³/mol. The number of carbonyl (C=O) groups excluding carboxylic acids is 1. The van der Waals surface area contributed by atoms with Crippen molar-refractivity contribution in [2.45, 2.75) is 6.42 Å². The molecule has 2 aromatic rings. The highest BCUT2D eigenvalue weighted by molar-refractivity contribution is 9.10. The van der Waals surface area contributed by atoms with Gasteiger partial charge in [0.25, 0.3) is 6.47 Å². The van der Waals surface area contributed by atoms with Gasteiger partial charge in [0.1, 0.15) is 11.6 Å². The Hall–Kier alpha value is -1.69. The van der Waals surface area contributed by atoms with Gasteiger partial charge in [0, 0.05) is 12.5 Å². The Labute approximate surface area is 109 Å². The normalized spacial score (nSPS) is 10.6. The van der Waals surface area contributed by atoms with E-state index < -0.39 is 5.82 Å². The molecule has 0 amide bonds. The van der Waals surface area contributed by atoms with Gasteiger partial charge in [0.2, 0.25) is 0 Å². The maximum Gasteiger partial charge on any atom is 0.293 e. The largest absolute Gasteiger partial charge is 0.467 e. The fourth-order valence-corrected chi connectivity index (χ4v) is 2.08. The lowest BCUT2D eigenvalue weighted by Crippen LogP contribution is -2.05. The van der Waals surface area contributed by atoms with E-state index in [0.29, 0.717) is 16.7 Å². The second kappa shape index (κ2) is 5.30. The molecule has 0 saturated heterocycles. The van der Waals surface area contributed by atoms with Crippen LogP contribution in [0.25, 0.3) is 11.0 Å². The standard InChI is InChI=1S/C12H8BrFO4/c13-10-4-7(14)3-9-11(16)5-8(18-12(9)10)1-2-17-6-15/h3-6H,1-2H2. The molecule has 0 aliphatic heterocycles. The van der Waals surface area contributed by atoms with Gasteiger partial charge in [-0.3, -0.25) is 9.59 Å². The zero-order valence-electron chi connectivity index (χ0n) is 9.11. The summed E-state index contributed by atoms with van der Waals surface area (Å²) < 4.78 is 23.5. The van der Waals surface area contributed by atoms with E-state index in [1.54, 1.807) is 0 Å². The monoisotopic (exact) mass is 314 g/mol. The average molecular weight is 315 g/mol. The predicted octanol–water partition coefficient (Wildman–Crippen LogP) is 2.41. The Bertz CT molecular complexity index is 650. The lowest BCUT2D eigenvalue weighted by Gasteiger charge is -2.04. The van der Waals surface area contributed by atoms with Gasteiger partial charge in [0.05, 0.1) is 16.5 Å². The summed E-state index contributed by atoms with van der Waals surface area (Å²) in [6, 6.07) is 3.61. The third kappa shape index (κ3) is 2.59. The molecule has 1 aromatic heterocycles. The zero-order chi connectivity index (χ0) is 13.1. The van der Waals surface area contributed by atoms with Gasteiger partial charge in [-0.05, 0) is 28.1 Å². The van der Waals surface area contributed by atoms with Crippen molar-refractivity contribution in [1.29, 1.82) is 0 Å². The summed E-state index contributed by atoms with van der Waals surface area (Å²) in [6.07, 6.45) is 0.285. The summed E-state index contributed by atoms with van der Waals surface area (Å²) in [7, 11) is 0. The summed E-state index contributed by atoms with van der Waals surface area (Å²) in [5.74, 6) is -0.139. The van der Waals surface area contributed by atoms with Crippen molar-refractivity contribution in [1.82, 2.24) is 0 Å². The smallest absolute Gasteiger partial charge is 0.293 e. The quantitative estimate of drug-likeness (QED) is 0.642. The van der Waals surface area contributed by atoms with E-state index in [9.17, 15) is 14.0 Å². The van der Waals surface area contributed by atoms with Crippen LogP contribution in [0.1, 0.15) is 5.76 Å². The van der Waals surface area contributed by atoms with Gasteiger partial charge in [-0.15, -0.1) is 0 Å². The first kappa shape index (κ1) is 12.8. The number of hydrogen-bond acceptors (Lipinski definition) is 4. The number of ether oxygens (including phenoxy) is 1. The molecule has 0 radical (unpaired) electrons. The molecule has 18 heavy (non-hydrogen) atoms. The van der Waals surface area contributed by atoms with Crippen LogP contribution in [-0.2, 0) is 16.0 Å². The molecule has 0 bridgehead atoms. The fourth-order valence-electron chi connectivity index (χ4n) is 1.56. The topological polar surface area (TPSA) is 56.5 Å². The molecule has 0 spiro atoms. The SMILES string of the molecule is O=COCCc1cc(=O)c2cc(F)cc(Br)c2o1. The highest BCUT2D eigenvalue weighted by atomic mass is 79.9. The van der Waals surface area contributed by atoms with Crippen LogP contribution in [0.2, 0.25) is 0 Å². The Kier molecular flexibility index (Phi) is 3.76. The molecule has 0 aliphatic rings. The third-order valence-electron chi connectivity index (χ3n) is 2.33. The Morgan fingerprint density at radius 3 is 2.89 bits per heavy atom. The lowest BCUT2D eigenvalue weighted by molar-refractivity contribution is -0.128. The number of fused-ring (bicyclic) bond motifs is 1. The van der Waals surface area contributed by atoms with Gasteiger partial charge in [0.15, 0.2) is 11.0 Å². The van der Waals surface area contributed by atoms with E-state index in [2.05, 4.69) is 20.7 Å². The van der Waals surface area contributed by atoms with Crippen LogP contribution in [0.15, 0.2) is 31.9 Å². The number of halogens is 2. The van der Waals surface area contributed by atoms with E-state index in [0.717, 1.165) is 6.07 Å². The molecule has 2 rings (SSSR count). The molecule has 0 atom stereocenters. The highest BCUT2D eigenvalue weighted by Gasteiger charge is 2.10. The first-order valence-corrected chi connectivity index (χ1v) is 5.88. The second-order valence-corrected chi connectivity index (χ2v) is 4.41. The molecule has 94 valence electrons. The summed E-state index contributed by atoms with van der Waals surface area (Å²) in [4.78, 5) is 21.8. The minimum absolute atomic E-state index is 0.122. The van der Waals surface area contributed by atoms with E-state index in [1.807, 2.05) is 0 Å². The van der Waals surface area contributed by atoms with Crippen molar-refractivity contribution >= 4 is 33.4 Å². The Morgan fingerprint density at radius 2 is 2.17 bits per heavy atom. The minimum Gasteiger partial charge on any atom is -0.467 e. The van der Waals surface area contributed by atoms with Gasteiger partial charge in [-0.2, -0.15) is 0 Å². The second-order valence-electron chi connectivity index (χ2n) is 3.56. The molecule has 0 saturated carbocycles. The van der Waals surface area contributed by atoms with Gasteiger partial charge in [-0.25, -0.2) is 4.39 Å². The van der Waals surface area contributed by atoms with Crippen molar-refractivity contribution in [3.05, 3.63) is 44.5 Å². The molecule has 6 heteroatoms. The Balaban J connectivity index is 2.48. The van der Waals surface area contributed by atoms with E-state index in [1.165, 1.54) is 12.1 Å². The fraction of sp³-hybridized carbons (Fsp3) is 0.167. The molecule has 1 heterocycles. The van der Waals surface area contributed by atoms with Crippen molar-refractivity contribution < 1.29 is 18.3 Å².